The molecule has 20 heavy (non-hydrogen) atoms. The fourth-order valence-corrected chi connectivity index (χ4v) is 3.66. The van der Waals surface area contributed by atoms with Crippen LogP contribution in [0.2, 0.25) is 5.15 Å². The Morgan fingerprint density at radius 2 is 1.90 bits per heavy atom. The molecule has 0 amide bonds. The first-order valence-electron chi connectivity index (χ1n) is 6.20. The lowest BCUT2D eigenvalue weighted by molar-refractivity contribution is 0.492. The second-order valence-corrected chi connectivity index (χ2v) is 7.79. The first-order valence-corrected chi connectivity index (χ1v) is 8.06. The van der Waals surface area contributed by atoms with E-state index in [1.54, 1.807) is 26.8 Å². The molecule has 2 rings (SSSR count). The fourth-order valence-electron chi connectivity index (χ4n) is 1.93. The second kappa shape index (κ2) is 4.98. The van der Waals surface area contributed by atoms with Crippen molar-refractivity contribution in [2.24, 2.45) is 0 Å². The highest BCUT2D eigenvalue weighted by molar-refractivity contribution is 7.89. The number of nitrogens with zero attached hydrogens (tertiary/aromatic N) is 1. The summed E-state index contributed by atoms with van der Waals surface area (Å²) in [6.07, 6.45) is 0. The molecule has 1 aromatic carbocycles. The summed E-state index contributed by atoms with van der Waals surface area (Å²) < 4.78 is 27.6. The molecule has 0 atom stereocenters. The Morgan fingerprint density at radius 1 is 1.25 bits per heavy atom. The predicted molar refractivity (Wildman–Crippen MR) is 81.6 cm³/mol. The van der Waals surface area contributed by atoms with E-state index in [2.05, 4.69) is 9.71 Å². The van der Waals surface area contributed by atoms with Crippen molar-refractivity contribution in [2.45, 2.75) is 38.1 Å². The topological polar surface area (TPSA) is 59.1 Å². The molecular weight excluding hydrogens is 296 g/mol. The Morgan fingerprint density at radius 3 is 2.50 bits per heavy atom. The highest BCUT2D eigenvalue weighted by Crippen LogP contribution is 2.26. The molecule has 108 valence electrons. The van der Waals surface area contributed by atoms with Crippen LogP contribution in [0.3, 0.4) is 0 Å². The lowest BCUT2D eigenvalue weighted by atomic mass is 10.1. The summed E-state index contributed by atoms with van der Waals surface area (Å²) in [6.45, 7) is 7.21. The highest BCUT2D eigenvalue weighted by atomic mass is 35.5. The summed E-state index contributed by atoms with van der Waals surface area (Å²) in [5, 5.41) is 1.07. The zero-order valence-corrected chi connectivity index (χ0v) is 13.4. The zero-order valence-electron chi connectivity index (χ0n) is 11.9. The quantitative estimate of drug-likeness (QED) is 0.866. The number of pyridine rings is 1. The molecule has 0 aliphatic heterocycles. The van der Waals surface area contributed by atoms with Crippen LogP contribution in [0, 0.1) is 6.92 Å². The maximum atomic E-state index is 12.5. The third-order valence-corrected chi connectivity index (χ3v) is 4.84. The van der Waals surface area contributed by atoms with Crippen LogP contribution in [0.25, 0.3) is 10.9 Å². The van der Waals surface area contributed by atoms with Crippen LogP contribution in [-0.4, -0.2) is 18.9 Å². The van der Waals surface area contributed by atoms with Gasteiger partial charge in [0.05, 0.1) is 5.52 Å². The summed E-state index contributed by atoms with van der Waals surface area (Å²) >= 11 is 6.02. The fraction of sp³-hybridized carbons (Fsp3) is 0.357. The molecule has 4 nitrogen and oxygen atoms in total. The zero-order chi connectivity index (χ0) is 15.1. The minimum atomic E-state index is -3.65. The van der Waals surface area contributed by atoms with E-state index in [-0.39, 0.29) is 4.90 Å². The van der Waals surface area contributed by atoms with Gasteiger partial charge in [0.2, 0.25) is 10.0 Å². The Kier molecular flexibility index (Phi) is 3.79. The molecule has 0 aliphatic carbocycles. The number of rotatable bonds is 2. The van der Waals surface area contributed by atoms with Gasteiger partial charge in [0, 0.05) is 10.9 Å². The van der Waals surface area contributed by atoms with Crippen LogP contribution in [0.4, 0.5) is 0 Å². The van der Waals surface area contributed by atoms with Crippen molar-refractivity contribution >= 4 is 32.5 Å². The Bertz CT molecular complexity index is 765. The number of para-hydroxylation sites is 1. The molecule has 2 aromatic rings. The molecule has 0 aliphatic rings. The van der Waals surface area contributed by atoms with Crippen molar-refractivity contribution < 1.29 is 8.42 Å². The predicted octanol–water partition coefficient (Wildman–Crippen LogP) is 3.27. The van der Waals surface area contributed by atoms with Crippen LogP contribution in [0.15, 0.2) is 29.2 Å². The minimum Gasteiger partial charge on any atom is -0.234 e. The van der Waals surface area contributed by atoms with E-state index in [9.17, 15) is 8.42 Å². The summed E-state index contributed by atoms with van der Waals surface area (Å²) in [6, 6.07) is 6.90. The lowest BCUT2D eigenvalue weighted by Gasteiger charge is -2.20. The highest BCUT2D eigenvalue weighted by Gasteiger charge is 2.24. The van der Waals surface area contributed by atoms with Crippen LogP contribution in [0.1, 0.15) is 26.3 Å². The number of sulfonamides is 1. The van der Waals surface area contributed by atoms with Crippen LogP contribution < -0.4 is 4.72 Å². The molecule has 0 saturated heterocycles. The molecule has 0 saturated carbocycles. The molecule has 6 heteroatoms. The minimum absolute atomic E-state index is 0.145. The molecule has 1 heterocycles. The van der Waals surface area contributed by atoms with E-state index in [1.807, 2.05) is 19.1 Å². The van der Waals surface area contributed by atoms with E-state index in [0.717, 1.165) is 10.9 Å². The SMILES string of the molecule is Cc1cc2cccc(S(=O)(=O)NC(C)(C)C)c2nc1Cl. The number of fused-ring (bicyclic) bond motifs is 1. The normalized spacial score (nSPS) is 12.8. The summed E-state index contributed by atoms with van der Waals surface area (Å²) in [7, 11) is -3.65. The van der Waals surface area contributed by atoms with Gasteiger partial charge >= 0.3 is 0 Å². The van der Waals surface area contributed by atoms with Crippen molar-refractivity contribution in [3.63, 3.8) is 0 Å². The first kappa shape index (κ1) is 15.2. The third kappa shape index (κ3) is 3.11. The van der Waals surface area contributed by atoms with Crippen LogP contribution in [-0.2, 0) is 10.0 Å². The average Bonchev–Trinajstić information content (AvgIpc) is 2.26. The molecule has 0 radical (unpaired) electrons. The van der Waals surface area contributed by atoms with Crippen LogP contribution in [0.5, 0.6) is 0 Å². The number of hydrogen-bond acceptors (Lipinski definition) is 3. The van der Waals surface area contributed by atoms with E-state index >= 15 is 0 Å². The number of benzene rings is 1. The van der Waals surface area contributed by atoms with Gasteiger partial charge in [-0.2, -0.15) is 0 Å². The molecule has 1 aromatic heterocycles. The summed E-state index contributed by atoms with van der Waals surface area (Å²) in [4.78, 5) is 4.36. The monoisotopic (exact) mass is 312 g/mol. The maximum absolute atomic E-state index is 12.5. The molecule has 0 bridgehead atoms. The smallest absolute Gasteiger partial charge is 0.234 e. The van der Waals surface area contributed by atoms with Gasteiger partial charge in [-0.3, -0.25) is 0 Å². The number of halogens is 1. The number of aryl methyl sites for hydroxylation is 1. The van der Waals surface area contributed by atoms with Gasteiger partial charge in [0.15, 0.2) is 0 Å². The molecule has 0 fully saturated rings. The summed E-state index contributed by atoms with van der Waals surface area (Å²) in [5.74, 6) is 0. The largest absolute Gasteiger partial charge is 0.243 e. The third-order valence-electron chi connectivity index (χ3n) is 2.67. The van der Waals surface area contributed by atoms with Crippen molar-refractivity contribution in [1.29, 1.82) is 0 Å². The van der Waals surface area contributed by atoms with E-state index in [4.69, 9.17) is 11.6 Å². The van der Waals surface area contributed by atoms with Gasteiger partial charge in [0.25, 0.3) is 0 Å². The molecule has 1 N–H and O–H groups in total. The van der Waals surface area contributed by atoms with Crippen LogP contribution >= 0.6 is 11.6 Å². The van der Waals surface area contributed by atoms with Crippen molar-refractivity contribution in [3.05, 3.63) is 35.0 Å². The van der Waals surface area contributed by atoms with Crippen molar-refractivity contribution in [2.75, 3.05) is 0 Å². The van der Waals surface area contributed by atoms with Gasteiger partial charge in [-0.25, -0.2) is 18.1 Å². The summed E-state index contributed by atoms with van der Waals surface area (Å²) in [5.41, 5.74) is 0.646. The van der Waals surface area contributed by atoms with Crippen molar-refractivity contribution in [3.8, 4) is 0 Å². The van der Waals surface area contributed by atoms with Crippen molar-refractivity contribution in [1.82, 2.24) is 9.71 Å². The van der Waals surface area contributed by atoms with E-state index in [1.165, 1.54) is 6.07 Å². The number of aromatic nitrogens is 1. The second-order valence-electron chi connectivity index (χ2n) is 5.78. The van der Waals surface area contributed by atoms with Gasteiger partial charge in [-0.05, 0) is 45.4 Å². The average molecular weight is 313 g/mol. The van der Waals surface area contributed by atoms with Gasteiger partial charge < -0.3 is 0 Å². The number of hydrogen-bond donors (Lipinski definition) is 1. The lowest BCUT2D eigenvalue weighted by Crippen LogP contribution is -2.40. The van der Waals surface area contributed by atoms with E-state index in [0.29, 0.717) is 10.7 Å². The number of nitrogens with one attached hydrogen (secondary N) is 1. The van der Waals surface area contributed by atoms with Gasteiger partial charge in [-0.1, -0.05) is 23.7 Å². The first-order chi connectivity index (χ1) is 9.10. The Hall–Kier alpha value is -1.17. The van der Waals surface area contributed by atoms with E-state index < -0.39 is 15.6 Å². The van der Waals surface area contributed by atoms with Gasteiger partial charge in [0.1, 0.15) is 10.0 Å². The maximum Gasteiger partial charge on any atom is 0.243 e. The Balaban J connectivity index is 2.69. The Labute approximate surface area is 124 Å². The molecular formula is C14H17ClN2O2S. The molecule has 0 spiro atoms. The van der Waals surface area contributed by atoms with Gasteiger partial charge in [-0.15, -0.1) is 0 Å². The molecule has 0 unspecified atom stereocenters. The standard InChI is InChI=1S/C14H17ClN2O2S/c1-9-8-10-6-5-7-11(12(10)16-13(9)15)20(18,19)17-14(2,3)4/h5-8,17H,1-4H3.